The predicted octanol–water partition coefficient (Wildman–Crippen LogP) is 2.70. The van der Waals surface area contributed by atoms with E-state index in [9.17, 15) is 24.5 Å². The highest BCUT2D eigenvalue weighted by Gasteiger charge is 2.63. The van der Waals surface area contributed by atoms with Crippen molar-refractivity contribution in [3.63, 3.8) is 0 Å². The number of nitrogens with zero attached hydrogens (tertiary/aromatic N) is 3. The van der Waals surface area contributed by atoms with Gasteiger partial charge in [-0.1, -0.05) is 42.5 Å². The number of Topliss-reactive ketones (excluding diaryl/α,β-unsaturated/α-hetero) is 1. The summed E-state index contributed by atoms with van der Waals surface area (Å²) in [6, 6.07) is 11.6. The van der Waals surface area contributed by atoms with Crippen molar-refractivity contribution >= 4 is 35.0 Å². The summed E-state index contributed by atoms with van der Waals surface area (Å²) < 4.78 is 5.06. The minimum atomic E-state index is -0.952. The van der Waals surface area contributed by atoms with Gasteiger partial charge in [0.2, 0.25) is 11.8 Å². The molecule has 174 valence electrons. The number of non-ortho nitro benzene ring substituents is 1. The molecule has 3 heterocycles. The third kappa shape index (κ3) is 3.31. The number of rotatable bonds is 7. The van der Waals surface area contributed by atoms with Gasteiger partial charge in [-0.15, -0.1) is 0 Å². The van der Waals surface area contributed by atoms with Crippen molar-refractivity contribution in [2.24, 2.45) is 11.8 Å². The van der Waals surface area contributed by atoms with Crippen LogP contribution in [-0.4, -0.2) is 59.8 Å². The number of benzene rings is 2. The van der Waals surface area contributed by atoms with E-state index in [0.717, 1.165) is 11.3 Å². The standard InChI is InChI=1S/C25H23N3O6/c1-34-13-5-12-26-24(30)20-19-11-10-15-6-2-3-9-18(15)27(19)22(21(20)25(26)31)23(29)16-7-4-8-17(14-16)28(32)33/h2-4,6-11,14,19-22H,5,12-13H2,1H3/t19-,20-,21-,22-/m1/s1. The maximum atomic E-state index is 13.9. The first-order chi connectivity index (χ1) is 16.4. The molecule has 2 aromatic carbocycles. The highest BCUT2D eigenvalue weighted by molar-refractivity contribution is 6.14. The van der Waals surface area contributed by atoms with Gasteiger partial charge in [0.05, 0.1) is 22.8 Å². The fraction of sp³-hybridized carbons (Fsp3) is 0.320. The second-order valence-electron chi connectivity index (χ2n) is 8.66. The van der Waals surface area contributed by atoms with Crippen molar-refractivity contribution in [1.82, 2.24) is 4.90 Å². The molecule has 34 heavy (non-hydrogen) atoms. The Bertz CT molecular complexity index is 1220. The van der Waals surface area contributed by atoms with Gasteiger partial charge in [-0.3, -0.25) is 29.4 Å². The highest BCUT2D eigenvalue weighted by Crippen LogP contribution is 2.49. The zero-order chi connectivity index (χ0) is 24.0. The lowest BCUT2D eigenvalue weighted by Gasteiger charge is -2.36. The number of imide groups is 1. The molecular formula is C25H23N3O6. The number of hydrogen-bond acceptors (Lipinski definition) is 7. The van der Waals surface area contributed by atoms with Crippen LogP contribution >= 0.6 is 0 Å². The van der Waals surface area contributed by atoms with E-state index in [-0.39, 0.29) is 29.6 Å². The molecule has 0 saturated carbocycles. The number of likely N-dealkylation sites (tertiary alicyclic amines) is 1. The molecule has 3 aliphatic rings. The van der Waals surface area contributed by atoms with E-state index >= 15 is 0 Å². The summed E-state index contributed by atoms with van der Waals surface area (Å²) >= 11 is 0. The Hall–Kier alpha value is -3.85. The molecule has 9 nitrogen and oxygen atoms in total. The monoisotopic (exact) mass is 461 g/mol. The van der Waals surface area contributed by atoms with Crippen molar-refractivity contribution in [2.45, 2.75) is 18.5 Å². The SMILES string of the molecule is COCCCN1C(=O)[C@@H]2[C@H](C1=O)[C@H]1C=Cc3ccccc3N1[C@H]2C(=O)c1cccc([N+](=O)[O-])c1. The van der Waals surface area contributed by atoms with Gasteiger partial charge < -0.3 is 9.64 Å². The molecule has 0 bridgehead atoms. The fourth-order valence-electron chi connectivity index (χ4n) is 5.41. The number of methoxy groups -OCH3 is 1. The van der Waals surface area contributed by atoms with Gasteiger partial charge in [0.25, 0.3) is 5.69 Å². The molecule has 0 aliphatic carbocycles. The van der Waals surface area contributed by atoms with E-state index in [1.165, 1.54) is 29.2 Å². The van der Waals surface area contributed by atoms with Gasteiger partial charge in [0.15, 0.2) is 5.78 Å². The molecular weight excluding hydrogens is 438 g/mol. The van der Waals surface area contributed by atoms with Crippen molar-refractivity contribution in [3.05, 3.63) is 75.8 Å². The molecule has 0 N–H and O–H groups in total. The fourth-order valence-corrected chi connectivity index (χ4v) is 5.41. The van der Waals surface area contributed by atoms with Crippen LogP contribution in [0.4, 0.5) is 11.4 Å². The van der Waals surface area contributed by atoms with E-state index in [1.807, 2.05) is 41.3 Å². The van der Waals surface area contributed by atoms with Crippen molar-refractivity contribution in [2.75, 3.05) is 25.2 Å². The Morgan fingerprint density at radius 1 is 1.09 bits per heavy atom. The number of nitro groups is 1. The van der Waals surface area contributed by atoms with Crippen LogP contribution in [-0.2, 0) is 14.3 Å². The molecule has 9 heteroatoms. The molecule has 5 rings (SSSR count). The Morgan fingerprint density at radius 2 is 1.85 bits per heavy atom. The number of anilines is 1. The van der Waals surface area contributed by atoms with Crippen LogP contribution in [0, 0.1) is 22.0 Å². The Morgan fingerprint density at radius 3 is 2.62 bits per heavy atom. The van der Waals surface area contributed by atoms with Gasteiger partial charge in [-0.05, 0) is 18.1 Å². The van der Waals surface area contributed by atoms with E-state index in [1.54, 1.807) is 7.11 Å². The second kappa shape index (κ2) is 8.49. The first-order valence-electron chi connectivity index (χ1n) is 11.1. The number of amides is 2. The number of para-hydroxylation sites is 1. The number of nitro benzene ring substituents is 1. The molecule has 0 aromatic heterocycles. The first kappa shape index (κ1) is 22.0. The maximum Gasteiger partial charge on any atom is 0.270 e. The number of carbonyl (C=O) groups is 3. The van der Waals surface area contributed by atoms with Crippen LogP contribution in [0.15, 0.2) is 54.6 Å². The Balaban J connectivity index is 1.59. The smallest absolute Gasteiger partial charge is 0.270 e. The summed E-state index contributed by atoms with van der Waals surface area (Å²) in [6.45, 7) is 0.633. The van der Waals surface area contributed by atoms with Crippen LogP contribution in [0.25, 0.3) is 6.08 Å². The van der Waals surface area contributed by atoms with Gasteiger partial charge in [-0.25, -0.2) is 0 Å². The molecule has 0 radical (unpaired) electrons. The molecule has 2 aromatic rings. The zero-order valence-corrected chi connectivity index (χ0v) is 18.5. The first-order valence-corrected chi connectivity index (χ1v) is 11.1. The quantitative estimate of drug-likeness (QED) is 0.205. The largest absolute Gasteiger partial charge is 0.385 e. The predicted molar refractivity (Wildman–Crippen MR) is 123 cm³/mol. The van der Waals surface area contributed by atoms with Crippen molar-refractivity contribution in [1.29, 1.82) is 0 Å². The molecule has 3 aliphatic heterocycles. The normalized spacial score (nSPS) is 24.7. The van der Waals surface area contributed by atoms with Crippen LogP contribution in [0.3, 0.4) is 0 Å². The van der Waals surface area contributed by atoms with Crippen molar-refractivity contribution < 1.29 is 24.0 Å². The number of hydrogen-bond donors (Lipinski definition) is 0. The van der Waals surface area contributed by atoms with Crippen LogP contribution in [0.1, 0.15) is 22.3 Å². The molecule has 0 unspecified atom stereocenters. The van der Waals surface area contributed by atoms with E-state index < -0.39 is 34.6 Å². The molecule has 0 spiro atoms. The average molecular weight is 461 g/mol. The Kier molecular flexibility index (Phi) is 5.49. The number of fused-ring (bicyclic) bond motifs is 5. The number of carbonyl (C=O) groups excluding carboxylic acids is 3. The molecule has 2 saturated heterocycles. The minimum Gasteiger partial charge on any atom is -0.385 e. The molecule has 2 amide bonds. The topological polar surface area (TPSA) is 110 Å². The Labute approximate surface area is 195 Å². The van der Waals surface area contributed by atoms with Gasteiger partial charge in [0.1, 0.15) is 6.04 Å². The maximum absolute atomic E-state index is 13.9. The summed E-state index contributed by atoms with van der Waals surface area (Å²) in [5.74, 6) is -2.66. The third-order valence-electron chi connectivity index (χ3n) is 6.85. The van der Waals surface area contributed by atoms with Crippen LogP contribution < -0.4 is 4.90 Å². The molecule has 4 atom stereocenters. The third-order valence-corrected chi connectivity index (χ3v) is 6.85. The summed E-state index contributed by atoms with van der Waals surface area (Å²) in [6.07, 6.45) is 4.30. The lowest BCUT2D eigenvalue weighted by atomic mass is 9.86. The van der Waals surface area contributed by atoms with Crippen molar-refractivity contribution in [3.8, 4) is 0 Å². The average Bonchev–Trinajstić information content (AvgIpc) is 3.32. The van der Waals surface area contributed by atoms with E-state index in [4.69, 9.17) is 4.74 Å². The lowest BCUT2D eigenvalue weighted by Crippen LogP contribution is -2.48. The summed E-state index contributed by atoms with van der Waals surface area (Å²) in [7, 11) is 1.55. The summed E-state index contributed by atoms with van der Waals surface area (Å²) in [5, 5.41) is 11.3. The minimum absolute atomic E-state index is 0.142. The van der Waals surface area contributed by atoms with Gasteiger partial charge in [0, 0.05) is 43.6 Å². The van der Waals surface area contributed by atoms with Crippen LogP contribution in [0.2, 0.25) is 0 Å². The summed E-state index contributed by atoms with van der Waals surface area (Å²) in [5.41, 5.74) is 1.58. The van der Waals surface area contributed by atoms with E-state index in [2.05, 4.69) is 0 Å². The van der Waals surface area contributed by atoms with Crippen LogP contribution in [0.5, 0.6) is 0 Å². The number of ether oxygens (including phenoxy) is 1. The second-order valence-corrected chi connectivity index (χ2v) is 8.66. The summed E-state index contributed by atoms with van der Waals surface area (Å²) in [4.78, 5) is 54.6. The zero-order valence-electron chi connectivity index (χ0n) is 18.5. The van der Waals surface area contributed by atoms with E-state index in [0.29, 0.717) is 13.0 Å². The highest BCUT2D eigenvalue weighted by atomic mass is 16.6. The lowest BCUT2D eigenvalue weighted by molar-refractivity contribution is -0.384. The van der Waals surface area contributed by atoms with Gasteiger partial charge in [-0.2, -0.15) is 0 Å². The number of ketones is 1. The van der Waals surface area contributed by atoms with Gasteiger partial charge >= 0.3 is 0 Å². The molecule has 2 fully saturated rings.